The smallest absolute Gasteiger partial charge is 0.0706 e. The maximum Gasteiger partial charge on any atom is 0.0706 e. The van der Waals surface area contributed by atoms with Crippen molar-refractivity contribution in [2.45, 2.75) is 44.6 Å². The van der Waals surface area contributed by atoms with Gasteiger partial charge >= 0.3 is 0 Å². The Bertz CT molecular complexity index is 556. The number of aromatic nitrogens is 1. The van der Waals surface area contributed by atoms with Gasteiger partial charge in [-0.2, -0.15) is 0 Å². The van der Waals surface area contributed by atoms with Crippen molar-refractivity contribution in [3.8, 4) is 0 Å². The van der Waals surface area contributed by atoms with Gasteiger partial charge in [0.2, 0.25) is 0 Å². The molecule has 0 spiro atoms. The molecule has 0 amide bonds. The van der Waals surface area contributed by atoms with E-state index in [1.165, 1.54) is 49.6 Å². The van der Waals surface area contributed by atoms with E-state index in [1.54, 1.807) is 0 Å². The zero-order valence-electron chi connectivity index (χ0n) is 12.3. The molecule has 1 atom stereocenters. The van der Waals surface area contributed by atoms with Gasteiger partial charge in [0.25, 0.3) is 0 Å². The molecule has 1 aliphatic rings. The highest BCUT2D eigenvalue weighted by Crippen LogP contribution is 2.33. The Morgan fingerprint density at radius 2 is 1.75 bits per heavy atom. The van der Waals surface area contributed by atoms with E-state index in [2.05, 4.69) is 48.8 Å². The molecule has 0 aliphatic heterocycles. The van der Waals surface area contributed by atoms with E-state index in [4.69, 9.17) is 4.98 Å². The number of benzene rings is 1. The van der Waals surface area contributed by atoms with Crippen LogP contribution in [0.4, 0.5) is 0 Å². The minimum atomic E-state index is 0.401. The number of pyridine rings is 1. The van der Waals surface area contributed by atoms with Crippen LogP contribution >= 0.6 is 0 Å². The highest BCUT2D eigenvalue weighted by atomic mass is 14.9. The van der Waals surface area contributed by atoms with Gasteiger partial charge in [-0.3, -0.25) is 4.98 Å². The third-order valence-corrected chi connectivity index (χ3v) is 4.62. The molecule has 2 nitrogen and oxygen atoms in total. The van der Waals surface area contributed by atoms with Crippen LogP contribution in [-0.2, 0) is 0 Å². The first-order valence-electron chi connectivity index (χ1n) is 7.91. The molecular formula is C18H24N2. The molecule has 0 bridgehead atoms. The van der Waals surface area contributed by atoms with Crippen molar-refractivity contribution in [1.82, 2.24) is 10.3 Å². The standard InChI is InChI=1S/C18H24N2/c1-19-18(15-9-4-2-3-5-10-15)17-13-12-14-8-6-7-11-16(14)20-17/h6-8,11-13,15,18-19H,2-5,9-10H2,1H3. The van der Waals surface area contributed by atoms with Crippen molar-refractivity contribution < 1.29 is 0 Å². The van der Waals surface area contributed by atoms with Gasteiger partial charge in [-0.15, -0.1) is 0 Å². The number of para-hydroxylation sites is 1. The second-order valence-electron chi connectivity index (χ2n) is 5.95. The predicted octanol–water partition coefficient (Wildman–Crippen LogP) is 4.47. The lowest BCUT2D eigenvalue weighted by atomic mass is 9.89. The third kappa shape index (κ3) is 2.85. The Kier molecular flexibility index (Phi) is 4.31. The molecule has 2 heteroatoms. The van der Waals surface area contributed by atoms with E-state index in [-0.39, 0.29) is 0 Å². The summed E-state index contributed by atoms with van der Waals surface area (Å²) in [5, 5.41) is 4.75. The first kappa shape index (κ1) is 13.6. The van der Waals surface area contributed by atoms with Crippen LogP contribution < -0.4 is 5.32 Å². The number of nitrogens with zero attached hydrogens (tertiary/aromatic N) is 1. The molecule has 20 heavy (non-hydrogen) atoms. The molecule has 1 aliphatic carbocycles. The zero-order chi connectivity index (χ0) is 13.8. The fourth-order valence-corrected chi connectivity index (χ4v) is 3.52. The Hall–Kier alpha value is -1.41. The number of nitrogens with one attached hydrogen (secondary N) is 1. The maximum atomic E-state index is 4.89. The van der Waals surface area contributed by atoms with Crippen LogP contribution in [0, 0.1) is 5.92 Å². The lowest BCUT2D eigenvalue weighted by molar-refractivity contribution is 0.336. The summed E-state index contributed by atoms with van der Waals surface area (Å²) < 4.78 is 0. The molecule has 1 fully saturated rings. The summed E-state index contributed by atoms with van der Waals surface area (Å²) >= 11 is 0. The van der Waals surface area contributed by atoms with Gasteiger partial charge in [-0.1, -0.05) is 49.9 Å². The summed E-state index contributed by atoms with van der Waals surface area (Å²) in [5.41, 5.74) is 2.32. The zero-order valence-corrected chi connectivity index (χ0v) is 12.3. The third-order valence-electron chi connectivity index (χ3n) is 4.62. The quantitative estimate of drug-likeness (QED) is 0.831. The van der Waals surface area contributed by atoms with Crippen LogP contribution in [-0.4, -0.2) is 12.0 Å². The van der Waals surface area contributed by atoms with Crippen molar-refractivity contribution in [3.05, 3.63) is 42.1 Å². The number of hydrogen-bond donors (Lipinski definition) is 1. The molecular weight excluding hydrogens is 244 g/mol. The summed E-state index contributed by atoms with van der Waals surface area (Å²) in [5.74, 6) is 0.733. The lowest BCUT2D eigenvalue weighted by Gasteiger charge is -2.25. The minimum Gasteiger partial charge on any atom is -0.311 e. The van der Waals surface area contributed by atoms with Gasteiger partial charge in [0.15, 0.2) is 0 Å². The van der Waals surface area contributed by atoms with Crippen molar-refractivity contribution in [2.24, 2.45) is 5.92 Å². The molecule has 1 saturated carbocycles. The van der Waals surface area contributed by atoms with Crippen molar-refractivity contribution in [2.75, 3.05) is 7.05 Å². The van der Waals surface area contributed by atoms with Crippen molar-refractivity contribution >= 4 is 10.9 Å². The van der Waals surface area contributed by atoms with Gasteiger partial charge in [0.1, 0.15) is 0 Å². The monoisotopic (exact) mass is 268 g/mol. The van der Waals surface area contributed by atoms with Gasteiger partial charge in [-0.25, -0.2) is 0 Å². The lowest BCUT2D eigenvalue weighted by Crippen LogP contribution is -2.26. The summed E-state index contributed by atoms with van der Waals surface area (Å²) in [6, 6.07) is 13.2. The van der Waals surface area contributed by atoms with Crippen LogP contribution in [0.2, 0.25) is 0 Å². The summed E-state index contributed by atoms with van der Waals surface area (Å²) in [7, 11) is 2.08. The van der Waals surface area contributed by atoms with Gasteiger partial charge in [0.05, 0.1) is 17.3 Å². The largest absolute Gasteiger partial charge is 0.311 e. The summed E-state index contributed by atoms with van der Waals surface area (Å²) in [6.07, 6.45) is 8.21. The van der Waals surface area contributed by atoms with Crippen molar-refractivity contribution in [3.63, 3.8) is 0 Å². The number of fused-ring (bicyclic) bond motifs is 1. The number of rotatable bonds is 3. The topological polar surface area (TPSA) is 24.9 Å². The normalized spacial score (nSPS) is 18.9. The maximum absolute atomic E-state index is 4.89. The second kappa shape index (κ2) is 6.36. The molecule has 1 heterocycles. The molecule has 2 aromatic rings. The van der Waals surface area contributed by atoms with E-state index >= 15 is 0 Å². The average Bonchev–Trinajstić information content (AvgIpc) is 2.77. The summed E-state index contributed by atoms with van der Waals surface area (Å²) in [4.78, 5) is 4.89. The predicted molar refractivity (Wildman–Crippen MR) is 84.7 cm³/mol. The second-order valence-corrected chi connectivity index (χ2v) is 5.95. The fourth-order valence-electron chi connectivity index (χ4n) is 3.52. The first-order chi connectivity index (χ1) is 9.88. The Labute approximate surface area is 121 Å². The highest BCUT2D eigenvalue weighted by molar-refractivity contribution is 5.78. The van der Waals surface area contributed by atoms with Gasteiger partial charge in [-0.05, 0) is 37.9 Å². The molecule has 1 aromatic heterocycles. The van der Waals surface area contributed by atoms with Crippen LogP contribution in [0.5, 0.6) is 0 Å². The minimum absolute atomic E-state index is 0.401. The molecule has 106 valence electrons. The summed E-state index contributed by atoms with van der Waals surface area (Å²) in [6.45, 7) is 0. The Morgan fingerprint density at radius 1 is 1.00 bits per heavy atom. The van der Waals surface area contributed by atoms with E-state index in [9.17, 15) is 0 Å². The Balaban J connectivity index is 1.89. The SMILES string of the molecule is CNC(c1ccc2ccccc2n1)C1CCCCCC1. The van der Waals surface area contributed by atoms with E-state index < -0.39 is 0 Å². The molecule has 1 N–H and O–H groups in total. The average molecular weight is 268 g/mol. The van der Waals surface area contributed by atoms with Gasteiger partial charge < -0.3 is 5.32 Å². The molecule has 3 rings (SSSR count). The van der Waals surface area contributed by atoms with Gasteiger partial charge in [0, 0.05) is 5.39 Å². The molecule has 0 radical (unpaired) electrons. The van der Waals surface area contributed by atoms with Crippen LogP contribution in [0.25, 0.3) is 10.9 Å². The fraction of sp³-hybridized carbons (Fsp3) is 0.500. The van der Waals surface area contributed by atoms with E-state index in [1.807, 2.05) is 0 Å². The Morgan fingerprint density at radius 3 is 2.50 bits per heavy atom. The van der Waals surface area contributed by atoms with Crippen LogP contribution in [0.1, 0.15) is 50.3 Å². The highest BCUT2D eigenvalue weighted by Gasteiger charge is 2.23. The molecule has 1 aromatic carbocycles. The van der Waals surface area contributed by atoms with Crippen LogP contribution in [0.3, 0.4) is 0 Å². The first-order valence-corrected chi connectivity index (χ1v) is 7.91. The van der Waals surface area contributed by atoms with E-state index in [0.717, 1.165) is 11.4 Å². The van der Waals surface area contributed by atoms with Crippen LogP contribution in [0.15, 0.2) is 36.4 Å². The van der Waals surface area contributed by atoms with Crippen molar-refractivity contribution in [1.29, 1.82) is 0 Å². The number of hydrogen-bond acceptors (Lipinski definition) is 2. The van der Waals surface area contributed by atoms with E-state index in [0.29, 0.717) is 6.04 Å². The molecule has 0 saturated heterocycles. The molecule has 1 unspecified atom stereocenters.